The zero-order valence-corrected chi connectivity index (χ0v) is 16.8. The first-order valence-corrected chi connectivity index (χ1v) is 9.66. The van der Waals surface area contributed by atoms with Crippen LogP contribution in [0.5, 0.6) is 11.5 Å². The number of hydrogen-bond donors (Lipinski definition) is 0. The van der Waals surface area contributed by atoms with Crippen molar-refractivity contribution in [3.63, 3.8) is 0 Å². The Morgan fingerprint density at radius 3 is 2.57 bits per heavy atom. The minimum Gasteiger partial charge on any atom is -0.497 e. The van der Waals surface area contributed by atoms with Crippen molar-refractivity contribution in [2.24, 2.45) is 0 Å². The standard InChI is InChI=1S/C20H16ClN3O3S/c1-12-9-16(7-8-17(12)21)27-11-14-10-18(25)24-20(22-14)28-19(23-24)13-3-5-15(26-2)6-4-13/h3-10H,11H2,1-2H3. The zero-order chi connectivity index (χ0) is 19.7. The van der Waals surface area contributed by atoms with Crippen molar-refractivity contribution in [2.45, 2.75) is 13.5 Å². The lowest BCUT2D eigenvalue weighted by Crippen LogP contribution is -2.16. The molecule has 142 valence electrons. The van der Waals surface area contributed by atoms with Gasteiger partial charge in [0, 0.05) is 16.7 Å². The van der Waals surface area contributed by atoms with Gasteiger partial charge in [-0.1, -0.05) is 22.9 Å². The molecule has 0 aliphatic heterocycles. The van der Waals surface area contributed by atoms with E-state index in [4.69, 9.17) is 21.1 Å². The molecule has 28 heavy (non-hydrogen) atoms. The average molecular weight is 414 g/mol. The van der Waals surface area contributed by atoms with Crippen molar-refractivity contribution in [1.29, 1.82) is 0 Å². The van der Waals surface area contributed by atoms with E-state index in [1.54, 1.807) is 19.2 Å². The van der Waals surface area contributed by atoms with E-state index in [2.05, 4.69) is 10.1 Å². The molecule has 0 N–H and O–H groups in total. The summed E-state index contributed by atoms with van der Waals surface area (Å²) < 4.78 is 12.2. The molecule has 0 atom stereocenters. The molecule has 0 fully saturated rings. The molecule has 0 saturated heterocycles. The molecule has 6 nitrogen and oxygen atoms in total. The predicted molar refractivity (Wildman–Crippen MR) is 110 cm³/mol. The molecule has 4 aromatic rings. The molecular weight excluding hydrogens is 398 g/mol. The Hall–Kier alpha value is -2.90. The van der Waals surface area contributed by atoms with E-state index >= 15 is 0 Å². The molecule has 0 aliphatic rings. The second-order valence-corrected chi connectivity index (χ2v) is 7.48. The highest BCUT2D eigenvalue weighted by Gasteiger charge is 2.11. The maximum absolute atomic E-state index is 12.4. The van der Waals surface area contributed by atoms with Crippen LogP contribution in [0.4, 0.5) is 0 Å². The van der Waals surface area contributed by atoms with E-state index in [0.29, 0.717) is 26.4 Å². The number of methoxy groups -OCH3 is 1. The molecule has 2 aromatic carbocycles. The summed E-state index contributed by atoms with van der Waals surface area (Å²) in [6.45, 7) is 2.09. The molecule has 0 saturated carbocycles. The van der Waals surface area contributed by atoms with Crippen molar-refractivity contribution in [1.82, 2.24) is 14.6 Å². The Bertz CT molecular complexity index is 1200. The van der Waals surface area contributed by atoms with Gasteiger partial charge in [0.2, 0.25) is 4.96 Å². The van der Waals surface area contributed by atoms with Crippen LogP contribution in [0.1, 0.15) is 11.3 Å². The first-order chi connectivity index (χ1) is 13.5. The second kappa shape index (κ2) is 7.61. The lowest BCUT2D eigenvalue weighted by molar-refractivity contribution is 0.301. The summed E-state index contributed by atoms with van der Waals surface area (Å²) in [6, 6.07) is 14.4. The third-order valence-corrected chi connectivity index (χ3v) is 5.53. The Balaban J connectivity index is 1.60. The molecule has 0 bridgehead atoms. The summed E-state index contributed by atoms with van der Waals surface area (Å²) in [5, 5.41) is 5.77. The Kier molecular flexibility index (Phi) is 5.02. The summed E-state index contributed by atoms with van der Waals surface area (Å²) in [5.41, 5.74) is 2.12. The van der Waals surface area contributed by atoms with Gasteiger partial charge in [-0.25, -0.2) is 4.98 Å². The number of ether oxygens (including phenoxy) is 2. The van der Waals surface area contributed by atoms with Crippen LogP contribution < -0.4 is 15.0 Å². The summed E-state index contributed by atoms with van der Waals surface area (Å²) in [7, 11) is 1.62. The van der Waals surface area contributed by atoms with E-state index in [1.807, 2.05) is 37.3 Å². The van der Waals surface area contributed by atoms with Crippen LogP contribution in [0.15, 0.2) is 53.3 Å². The Morgan fingerprint density at radius 2 is 1.86 bits per heavy atom. The minimum absolute atomic E-state index is 0.183. The van der Waals surface area contributed by atoms with Gasteiger partial charge in [-0.05, 0) is 55.0 Å². The van der Waals surface area contributed by atoms with Gasteiger partial charge in [0.15, 0.2) is 0 Å². The van der Waals surface area contributed by atoms with Gasteiger partial charge >= 0.3 is 0 Å². The van der Waals surface area contributed by atoms with E-state index in [1.165, 1.54) is 21.9 Å². The van der Waals surface area contributed by atoms with Crippen molar-refractivity contribution in [3.8, 4) is 22.1 Å². The lowest BCUT2D eigenvalue weighted by Gasteiger charge is -2.07. The fourth-order valence-corrected chi connectivity index (χ4v) is 3.69. The van der Waals surface area contributed by atoms with Crippen molar-refractivity contribution in [2.75, 3.05) is 7.11 Å². The van der Waals surface area contributed by atoms with E-state index in [9.17, 15) is 4.79 Å². The molecule has 0 amide bonds. The second-order valence-electron chi connectivity index (χ2n) is 6.12. The summed E-state index contributed by atoms with van der Waals surface area (Å²) in [4.78, 5) is 17.5. The monoisotopic (exact) mass is 413 g/mol. The maximum Gasteiger partial charge on any atom is 0.275 e. The van der Waals surface area contributed by atoms with Crippen molar-refractivity contribution in [3.05, 3.63) is 75.2 Å². The van der Waals surface area contributed by atoms with Crippen LogP contribution in [0.2, 0.25) is 5.02 Å². The molecule has 8 heteroatoms. The molecule has 4 rings (SSSR count). The predicted octanol–water partition coefficient (Wildman–Crippen LogP) is 4.37. The van der Waals surface area contributed by atoms with Crippen LogP contribution in [-0.2, 0) is 6.61 Å². The van der Waals surface area contributed by atoms with Crippen LogP contribution in [-0.4, -0.2) is 21.7 Å². The first kappa shape index (κ1) is 18.5. The van der Waals surface area contributed by atoms with Gasteiger partial charge in [-0.15, -0.1) is 0 Å². The average Bonchev–Trinajstić information content (AvgIpc) is 3.14. The van der Waals surface area contributed by atoms with E-state index < -0.39 is 0 Å². The number of aryl methyl sites for hydroxylation is 1. The van der Waals surface area contributed by atoms with Gasteiger partial charge in [0.05, 0.1) is 12.8 Å². The highest BCUT2D eigenvalue weighted by atomic mass is 35.5. The number of halogens is 1. The minimum atomic E-state index is -0.244. The third-order valence-electron chi connectivity index (χ3n) is 4.15. The van der Waals surface area contributed by atoms with Crippen molar-refractivity contribution >= 4 is 27.9 Å². The summed E-state index contributed by atoms with van der Waals surface area (Å²) in [5.74, 6) is 1.43. The summed E-state index contributed by atoms with van der Waals surface area (Å²) >= 11 is 7.37. The van der Waals surface area contributed by atoms with Gasteiger partial charge in [0.1, 0.15) is 23.1 Å². The quantitative estimate of drug-likeness (QED) is 0.486. The van der Waals surface area contributed by atoms with Crippen molar-refractivity contribution < 1.29 is 9.47 Å². The Labute approximate surface area is 170 Å². The molecule has 0 radical (unpaired) electrons. The van der Waals surface area contributed by atoms with E-state index in [0.717, 1.165) is 16.9 Å². The molecule has 2 heterocycles. The number of fused-ring (bicyclic) bond motifs is 1. The largest absolute Gasteiger partial charge is 0.497 e. The van der Waals surface area contributed by atoms with Gasteiger partial charge in [-0.3, -0.25) is 4.79 Å². The maximum atomic E-state index is 12.4. The van der Waals surface area contributed by atoms with Crippen LogP contribution in [0.3, 0.4) is 0 Å². The topological polar surface area (TPSA) is 65.7 Å². The SMILES string of the molecule is COc1ccc(-c2nn3c(=O)cc(COc4ccc(Cl)c(C)c4)nc3s2)cc1. The highest BCUT2D eigenvalue weighted by Crippen LogP contribution is 2.26. The third kappa shape index (κ3) is 3.72. The molecule has 0 aliphatic carbocycles. The van der Waals surface area contributed by atoms with Gasteiger partial charge in [0.25, 0.3) is 5.56 Å². The fourth-order valence-electron chi connectivity index (χ4n) is 2.64. The molecule has 2 aromatic heterocycles. The molecular formula is C20H16ClN3O3S. The molecule has 0 spiro atoms. The number of aromatic nitrogens is 3. The Morgan fingerprint density at radius 1 is 1.11 bits per heavy atom. The van der Waals surface area contributed by atoms with Gasteiger partial charge < -0.3 is 9.47 Å². The van der Waals surface area contributed by atoms with Gasteiger partial charge in [-0.2, -0.15) is 9.61 Å². The number of nitrogens with zero attached hydrogens (tertiary/aromatic N) is 3. The highest BCUT2D eigenvalue weighted by molar-refractivity contribution is 7.19. The number of hydrogen-bond acceptors (Lipinski definition) is 6. The molecule has 0 unspecified atom stereocenters. The van der Waals surface area contributed by atoms with E-state index in [-0.39, 0.29) is 12.2 Å². The lowest BCUT2D eigenvalue weighted by atomic mass is 10.2. The normalized spacial score (nSPS) is 11.0. The zero-order valence-electron chi connectivity index (χ0n) is 15.2. The van der Waals surface area contributed by atoms with Crippen LogP contribution >= 0.6 is 22.9 Å². The summed E-state index contributed by atoms with van der Waals surface area (Å²) in [6.07, 6.45) is 0. The number of rotatable bonds is 5. The first-order valence-electron chi connectivity index (χ1n) is 8.46. The fraction of sp³-hybridized carbons (Fsp3) is 0.150. The van der Waals surface area contributed by atoms with Crippen LogP contribution in [0.25, 0.3) is 15.5 Å². The number of benzene rings is 2. The van der Waals surface area contributed by atoms with Crippen LogP contribution in [0, 0.1) is 6.92 Å². The smallest absolute Gasteiger partial charge is 0.275 e.